The van der Waals surface area contributed by atoms with E-state index in [0.29, 0.717) is 0 Å². The van der Waals surface area contributed by atoms with Crippen molar-refractivity contribution in [2.75, 3.05) is 13.1 Å². The number of hydrogen-bond acceptors (Lipinski definition) is 4. The highest BCUT2D eigenvalue weighted by molar-refractivity contribution is 7.99. The molecule has 1 saturated heterocycles. The van der Waals surface area contributed by atoms with Gasteiger partial charge in [0.1, 0.15) is 0 Å². The first kappa shape index (κ1) is 16.2. The average molecular weight is 329 g/mol. The molecule has 1 aliphatic rings. The number of likely N-dealkylation sites (tertiary alicyclic amines) is 1. The number of para-hydroxylation sites is 2. The Morgan fingerprint density at radius 2 is 1.83 bits per heavy atom. The van der Waals surface area contributed by atoms with Gasteiger partial charge in [0.2, 0.25) is 5.91 Å². The largest absolute Gasteiger partial charge is 0.342 e. The molecule has 0 N–H and O–H groups in total. The Labute approximate surface area is 141 Å². The second-order valence-electron chi connectivity index (χ2n) is 6.08. The number of carbonyl (C=O) groups excluding carboxylic acids is 1. The number of nitrogens with zero attached hydrogens (tertiary/aromatic N) is 3. The molecule has 1 fully saturated rings. The van der Waals surface area contributed by atoms with Crippen molar-refractivity contribution in [1.82, 2.24) is 14.9 Å². The van der Waals surface area contributed by atoms with E-state index < -0.39 is 0 Å². The Balaban J connectivity index is 1.65. The van der Waals surface area contributed by atoms with Gasteiger partial charge >= 0.3 is 0 Å². The van der Waals surface area contributed by atoms with Crippen molar-refractivity contribution >= 4 is 28.7 Å². The van der Waals surface area contributed by atoms with E-state index in [0.717, 1.165) is 54.1 Å². The van der Waals surface area contributed by atoms with Crippen LogP contribution in [0.15, 0.2) is 24.3 Å². The fraction of sp³-hybridized carbons (Fsp3) is 0.500. The Bertz CT molecular complexity index is 698. The summed E-state index contributed by atoms with van der Waals surface area (Å²) in [7, 11) is 0. The maximum absolute atomic E-state index is 12.5. The third-order valence-corrected chi connectivity index (χ3v) is 5.47. The van der Waals surface area contributed by atoms with Crippen molar-refractivity contribution in [2.45, 2.75) is 44.1 Å². The molecule has 4 nitrogen and oxygen atoms in total. The van der Waals surface area contributed by atoms with Crippen molar-refractivity contribution in [3.8, 4) is 0 Å². The van der Waals surface area contributed by atoms with Gasteiger partial charge in [-0.1, -0.05) is 12.1 Å². The maximum atomic E-state index is 12.5. The molecule has 23 heavy (non-hydrogen) atoms. The summed E-state index contributed by atoms with van der Waals surface area (Å²) in [5.41, 5.74) is 3.78. The molecule has 3 rings (SSSR count). The van der Waals surface area contributed by atoms with Gasteiger partial charge in [-0.3, -0.25) is 4.79 Å². The molecule has 1 aromatic heterocycles. The van der Waals surface area contributed by atoms with Crippen LogP contribution < -0.4 is 0 Å². The monoisotopic (exact) mass is 329 g/mol. The molecule has 5 heteroatoms. The number of hydrogen-bond donors (Lipinski definition) is 0. The van der Waals surface area contributed by atoms with E-state index in [4.69, 9.17) is 4.98 Å². The number of benzene rings is 1. The summed E-state index contributed by atoms with van der Waals surface area (Å²) in [6.07, 6.45) is 3.52. The Morgan fingerprint density at radius 3 is 2.52 bits per heavy atom. The zero-order valence-corrected chi connectivity index (χ0v) is 14.6. The minimum atomic E-state index is -0.0271. The lowest BCUT2D eigenvalue weighted by Gasteiger charge is -2.29. The Hall–Kier alpha value is -1.62. The normalized spacial score (nSPS) is 16.5. The van der Waals surface area contributed by atoms with Crippen LogP contribution in [0.25, 0.3) is 11.0 Å². The van der Waals surface area contributed by atoms with Crippen molar-refractivity contribution in [3.05, 3.63) is 35.7 Å². The summed E-state index contributed by atoms with van der Waals surface area (Å²) in [6.45, 7) is 5.83. The van der Waals surface area contributed by atoms with Gasteiger partial charge in [-0.05, 0) is 45.2 Å². The molecule has 2 aromatic rings. The van der Waals surface area contributed by atoms with Crippen molar-refractivity contribution in [2.24, 2.45) is 0 Å². The van der Waals surface area contributed by atoms with E-state index in [9.17, 15) is 4.79 Å². The van der Waals surface area contributed by atoms with Crippen LogP contribution in [0.4, 0.5) is 0 Å². The van der Waals surface area contributed by atoms with Gasteiger partial charge in [0.25, 0.3) is 0 Å². The van der Waals surface area contributed by atoms with E-state index >= 15 is 0 Å². The summed E-state index contributed by atoms with van der Waals surface area (Å²) >= 11 is 1.66. The highest BCUT2D eigenvalue weighted by Crippen LogP contribution is 2.22. The fourth-order valence-electron chi connectivity index (χ4n) is 2.91. The maximum Gasteiger partial charge on any atom is 0.235 e. The van der Waals surface area contributed by atoms with Gasteiger partial charge in [0.15, 0.2) is 0 Å². The first-order valence-corrected chi connectivity index (χ1v) is 9.32. The van der Waals surface area contributed by atoms with E-state index in [1.54, 1.807) is 11.8 Å². The van der Waals surface area contributed by atoms with E-state index in [2.05, 4.69) is 4.98 Å². The molecule has 1 unspecified atom stereocenters. The number of aromatic nitrogens is 2. The highest BCUT2D eigenvalue weighted by atomic mass is 32.2. The lowest BCUT2D eigenvalue weighted by atomic mass is 10.1. The van der Waals surface area contributed by atoms with Gasteiger partial charge in [0.05, 0.1) is 27.7 Å². The number of rotatable bonds is 4. The van der Waals surface area contributed by atoms with Gasteiger partial charge in [-0.15, -0.1) is 11.8 Å². The van der Waals surface area contributed by atoms with Crippen molar-refractivity contribution < 1.29 is 4.79 Å². The zero-order valence-electron chi connectivity index (χ0n) is 13.8. The van der Waals surface area contributed by atoms with Crippen LogP contribution in [-0.2, 0) is 10.5 Å². The molecule has 0 aliphatic carbocycles. The first-order valence-electron chi connectivity index (χ1n) is 8.28. The predicted octanol–water partition coefficient (Wildman–Crippen LogP) is 3.57. The minimum absolute atomic E-state index is 0.0271. The van der Waals surface area contributed by atoms with Crippen LogP contribution in [0, 0.1) is 6.92 Å². The van der Waals surface area contributed by atoms with Crippen LogP contribution in [0.1, 0.15) is 37.6 Å². The quantitative estimate of drug-likeness (QED) is 0.860. The molecule has 0 spiro atoms. The molecular weight excluding hydrogens is 306 g/mol. The summed E-state index contributed by atoms with van der Waals surface area (Å²) in [4.78, 5) is 23.8. The van der Waals surface area contributed by atoms with Gasteiger partial charge < -0.3 is 4.90 Å². The van der Waals surface area contributed by atoms with Gasteiger partial charge in [0, 0.05) is 18.8 Å². The Morgan fingerprint density at radius 1 is 1.17 bits per heavy atom. The highest BCUT2D eigenvalue weighted by Gasteiger charge is 2.22. The molecule has 2 heterocycles. The van der Waals surface area contributed by atoms with E-state index in [1.807, 2.05) is 43.0 Å². The average Bonchev–Trinajstić information content (AvgIpc) is 2.59. The molecule has 1 aromatic carbocycles. The predicted molar refractivity (Wildman–Crippen MR) is 95.5 cm³/mol. The number of aryl methyl sites for hydroxylation is 1. The minimum Gasteiger partial charge on any atom is -0.342 e. The van der Waals surface area contributed by atoms with Crippen LogP contribution in [0.3, 0.4) is 0 Å². The van der Waals surface area contributed by atoms with Gasteiger partial charge in [-0.2, -0.15) is 0 Å². The number of thioether (sulfide) groups is 1. The Kier molecular flexibility index (Phi) is 5.16. The molecule has 0 bridgehead atoms. The topological polar surface area (TPSA) is 46.1 Å². The van der Waals surface area contributed by atoms with E-state index in [-0.39, 0.29) is 11.2 Å². The lowest BCUT2D eigenvalue weighted by Crippen LogP contribution is -2.40. The number of amides is 1. The second-order valence-corrected chi connectivity index (χ2v) is 7.41. The standard InChI is InChI=1S/C18H23N3OS/c1-13-17(20-16-9-5-4-8-15(16)19-13)12-23-14(2)18(22)21-10-6-3-7-11-21/h4-5,8-9,14H,3,6-7,10-12H2,1-2H3. The molecule has 1 amide bonds. The molecule has 1 atom stereocenters. The number of carbonyl (C=O) groups is 1. The molecule has 0 saturated carbocycles. The number of piperidine rings is 1. The van der Waals surface area contributed by atoms with Crippen LogP contribution in [0.5, 0.6) is 0 Å². The molecule has 1 aliphatic heterocycles. The fourth-order valence-corrected chi connectivity index (χ4v) is 3.88. The lowest BCUT2D eigenvalue weighted by molar-refractivity contribution is -0.131. The summed E-state index contributed by atoms with van der Waals surface area (Å²) < 4.78 is 0. The second kappa shape index (κ2) is 7.30. The van der Waals surface area contributed by atoms with Crippen molar-refractivity contribution in [1.29, 1.82) is 0 Å². The summed E-state index contributed by atoms with van der Waals surface area (Å²) in [5, 5.41) is -0.0271. The van der Waals surface area contributed by atoms with E-state index in [1.165, 1.54) is 6.42 Å². The van der Waals surface area contributed by atoms with Gasteiger partial charge in [-0.25, -0.2) is 9.97 Å². The zero-order chi connectivity index (χ0) is 16.2. The summed E-state index contributed by atoms with van der Waals surface area (Å²) in [5.74, 6) is 0.992. The van der Waals surface area contributed by atoms with Crippen molar-refractivity contribution in [3.63, 3.8) is 0 Å². The third-order valence-electron chi connectivity index (χ3n) is 4.33. The molecular formula is C18H23N3OS. The smallest absolute Gasteiger partial charge is 0.235 e. The summed E-state index contributed by atoms with van der Waals surface area (Å²) in [6, 6.07) is 7.92. The molecule has 0 radical (unpaired) electrons. The van der Waals surface area contributed by atoms with Crippen LogP contribution in [-0.4, -0.2) is 39.1 Å². The third kappa shape index (κ3) is 3.83. The number of fused-ring (bicyclic) bond motifs is 1. The first-order chi connectivity index (χ1) is 11.1. The van der Waals surface area contributed by atoms with Crippen LogP contribution in [0.2, 0.25) is 0 Å². The molecule has 122 valence electrons. The SMILES string of the molecule is Cc1nc2ccccc2nc1CSC(C)C(=O)N1CCCCC1. The van der Waals surface area contributed by atoms with Crippen LogP contribution >= 0.6 is 11.8 Å².